The topological polar surface area (TPSA) is 6.48 Å². The molecule has 1 heterocycles. The van der Waals surface area contributed by atoms with E-state index in [9.17, 15) is 0 Å². The van der Waals surface area contributed by atoms with Gasteiger partial charge in [0.15, 0.2) is 0 Å². The highest BCUT2D eigenvalue weighted by Crippen LogP contribution is 2.45. The fourth-order valence-corrected chi connectivity index (χ4v) is 6.91. The average Bonchev–Trinajstić information content (AvgIpc) is 3.32. The Hall–Kier alpha value is -2.22. The smallest absolute Gasteiger partial charge is 0.123 e. The maximum absolute atomic E-state index is 2.76. The van der Waals surface area contributed by atoms with Gasteiger partial charge in [0.05, 0.1) is 0 Å². The van der Waals surface area contributed by atoms with Gasteiger partial charge in [0.25, 0.3) is 0 Å². The third kappa shape index (κ3) is 9.71. The van der Waals surface area contributed by atoms with E-state index in [0.29, 0.717) is 5.92 Å². The Morgan fingerprint density at radius 2 is 0.950 bits per heavy atom. The Labute approximate surface area is 248 Å². The van der Waals surface area contributed by atoms with Crippen molar-refractivity contribution in [3.63, 3.8) is 0 Å². The average molecular weight is 545 g/mol. The van der Waals surface area contributed by atoms with Crippen molar-refractivity contribution in [2.45, 2.75) is 142 Å². The molecule has 0 N–H and O–H groups in total. The van der Waals surface area contributed by atoms with Gasteiger partial charge in [-0.1, -0.05) is 165 Å². The number of nitrogens with zero attached hydrogens (tertiary/aromatic N) is 2. The molecule has 0 amide bonds. The first-order valence-corrected chi connectivity index (χ1v) is 17.1. The molecule has 0 spiro atoms. The number of unbranched alkanes of at least 4 members (excludes halogenated alkanes) is 13. The van der Waals surface area contributed by atoms with Gasteiger partial charge < -0.3 is 9.80 Å². The third-order valence-electron chi connectivity index (χ3n) is 9.15. The lowest BCUT2D eigenvalue weighted by Gasteiger charge is -2.51. The van der Waals surface area contributed by atoms with E-state index < -0.39 is 0 Å². The normalized spacial score (nSPS) is 17.6. The van der Waals surface area contributed by atoms with Gasteiger partial charge in [-0.15, -0.1) is 0 Å². The van der Waals surface area contributed by atoms with E-state index in [0.717, 1.165) is 25.9 Å². The molecule has 2 heteroatoms. The number of benzene rings is 2. The lowest BCUT2D eigenvalue weighted by Crippen LogP contribution is -2.59. The Morgan fingerprint density at radius 1 is 0.525 bits per heavy atom. The van der Waals surface area contributed by atoms with Crippen LogP contribution >= 0.6 is 0 Å². The Bertz CT molecular complexity index is 908. The lowest BCUT2D eigenvalue weighted by molar-refractivity contribution is -0.00378. The van der Waals surface area contributed by atoms with Gasteiger partial charge in [-0.05, 0) is 30.4 Å². The largest absolute Gasteiger partial charge is 0.353 e. The molecule has 2 aromatic rings. The van der Waals surface area contributed by atoms with E-state index >= 15 is 0 Å². The second-order valence-corrected chi connectivity index (χ2v) is 12.2. The molecule has 0 fully saturated rings. The van der Waals surface area contributed by atoms with E-state index in [1.54, 1.807) is 0 Å². The highest BCUT2D eigenvalue weighted by atomic mass is 15.4. The van der Waals surface area contributed by atoms with Crippen molar-refractivity contribution in [2.75, 3.05) is 13.1 Å². The van der Waals surface area contributed by atoms with Gasteiger partial charge in [0.1, 0.15) is 5.66 Å². The van der Waals surface area contributed by atoms with E-state index in [1.165, 1.54) is 107 Å². The van der Waals surface area contributed by atoms with Crippen LogP contribution in [0.5, 0.6) is 0 Å². The standard InChI is InChI=1S/C38H60N2/c1-4-7-9-11-13-14-15-17-25-31-40-33-32-39(30-24-16-12-10-8-5-2)38(40,34-35-26-20-18-21-27-35)37(6-3)36-28-22-19-23-29-36/h18-23,26-29,32-33,37H,4-17,24-25,30-31,34H2,1-3H3. The van der Waals surface area contributed by atoms with Crippen LogP contribution in [-0.4, -0.2) is 28.6 Å². The van der Waals surface area contributed by atoms with Gasteiger partial charge in [-0.25, -0.2) is 0 Å². The van der Waals surface area contributed by atoms with Crippen molar-refractivity contribution in [2.24, 2.45) is 0 Å². The van der Waals surface area contributed by atoms with E-state index in [2.05, 4.69) is 104 Å². The zero-order chi connectivity index (χ0) is 28.3. The van der Waals surface area contributed by atoms with Crippen LogP contribution in [0.15, 0.2) is 73.1 Å². The molecule has 0 bridgehead atoms. The first-order valence-electron chi connectivity index (χ1n) is 17.1. The fraction of sp³-hybridized carbons (Fsp3) is 0.632. The van der Waals surface area contributed by atoms with Crippen LogP contribution in [0.1, 0.15) is 141 Å². The molecule has 0 aliphatic carbocycles. The molecule has 0 saturated carbocycles. The lowest BCUT2D eigenvalue weighted by atomic mass is 9.78. The van der Waals surface area contributed by atoms with Crippen LogP contribution in [0, 0.1) is 0 Å². The van der Waals surface area contributed by atoms with Gasteiger partial charge in [0.2, 0.25) is 0 Å². The van der Waals surface area contributed by atoms with E-state index in [4.69, 9.17) is 0 Å². The minimum absolute atomic E-state index is 0.0545. The molecule has 1 aliphatic heterocycles. The van der Waals surface area contributed by atoms with Crippen molar-refractivity contribution >= 4 is 0 Å². The number of hydrogen-bond donors (Lipinski definition) is 0. The summed E-state index contributed by atoms with van der Waals surface area (Å²) in [4.78, 5) is 5.52. The molecular weight excluding hydrogens is 484 g/mol. The molecule has 0 saturated heterocycles. The summed E-state index contributed by atoms with van der Waals surface area (Å²) < 4.78 is 0. The predicted octanol–water partition coefficient (Wildman–Crippen LogP) is 11.1. The molecule has 222 valence electrons. The molecule has 0 radical (unpaired) electrons. The summed E-state index contributed by atoms with van der Waals surface area (Å²) in [6.07, 6.45) is 27.6. The molecule has 0 aromatic heterocycles. The van der Waals surface area contributed by atoms with Crippen LogP contribution in [-0.2, 0) is 6.42 Å². The first kappa shape index (κ1) is 32.3. The van der Waals surface area contributed by atoms with Crippen LogP contribution in [0.2, 0.25) is 0 Å². The fourth-order valence-electron chi connectivity index (χ4n) is 6.91. The summed E-state index contributed by atoms with van der Waals surface area (Å²) in [5.74, 6) is 0.447. The van der Waals surface area contributed by atoms with Crippen LogP contribution in [0.3, 0.4) is 0 Å². The highest BCUT2D eigenvalue weighted by Gasteiger charge is 2.49. The SMILES string of the molecule is CCCCCCCCCCCN1C=CN(CCCCCCCC)C1(Cc1ccccc1)C(CC)c1ccccc1. The van der Waals surface area contributed by atoms with Gasteiger partial charge in [0, 0.05) is 37.8 Å². The minimum atomic E-state index is -0.0545. The molecule has 2 unspecified atom stereocenters. The predicted molar refractivity (Wildman–Crippen MR) is 176 cm³/mol. The summed E-state index contributed by atoms with van der Waals surface area (Å²) in [7, 11) is 0. The summed E-state index contributed by atoms with van der Waals surface area (Å²) in [6.45, 7) is 9.31. The molecule has 2 atom stereocenters. The van der Waals surface area contributed by atoms with Crippen molar-refractivity contribution in [1.82, 2.24) is 9.80 Å². The monoisotopic (exact) mass is 544 g/mol. The molecule has 2 nitrogen and oxygen atoms in total. The summed E-state index contributed by atoms with van der Waals surface area (Å²) in [6, 6.07) is 22.7. The highest BCUT2D eigenvalue weighted by molar-refractivity contribution is 5.30. The van der Waals surface area contributed by atoms with Crippen LogP contribution in [0.4, 0.5) is 0 Å². The van der Waals surface area contributed by atoms with Crippen LogP contribution < -0.4 is 0 Å². The first-order chi connectivity index (χ1) is 19.8. The molecule has 1 aliphatic rings. The maximum atomic E-state index is 2.76. The van der Waals surface area contributed by atoms with Gasteiger partial charge >= 0.3 is 0 Å². The van der Waals surface area contributed by atoms with Crippen molar-refractivity contribution < 1.29 is 0 Å². The summed E-state index contributed by atoms with van der Waals surface area (Å²) >= 11 is 0. The summed E-state index contributed by atoms with van der Waals surface area (Å²) in [5.41, 5.74) is 2.88. The number of rotatable bonds is 22. The van der Waals surface area contributed by atoms with Crippen LogP contribution in [0.25, 0.3) is 0 Å². The van der Waals surface area contributed by atoms with E-state index in [-0.39, 0.29) is 5.66 Å². The van der Waals surface area contributed by atoms with Gasteiger partial charge in [-0.2, -0.15) is 0 Å². The van der Waals surface area contributed by atoms with Gasteiger partial charge in [-0.3, -0.25) is 0 Å². The Balaban J connectivity index is 1.77. The summed E-state index contributed by atoms with van der Waals surface area (Å²) in [5, 5.41) is 0. The second kappa shape index (κ2) is 19.0. The zero-order valence-electron chi connectivity index (χ0n) is 26.3. The van der Waals surface area contributed by atoms with Crippen molar-refractivity contribution in [3.8, 4) is 0 Å². The molecule has 40 heavy (non-hydrogen) atoms. The Morgan fingerprint density at radius 3 is 1.40 bits per heavy atom. The number of hydrogen-bond acceptors (Lipinski definition) is 2. The third-order valence-corrected chi connectivity index (χ3v) is 9.15. The maximum Gasteiger partial charge on any atom is 0.123 e. The Kier molecular flexibility index (Phi) is 15.3. The minimum Gasteiger partial charge on any atom is -0.353 e. The van der Waals surface area contributed by atoms with Crippen molar-refractivity contribution in [3.05, 3.63) is 84.2 Å². The molecular formula is C38H60N2. The molecule has 3 rings (SSSR count). The van der Waals surface area contributed by atoms with Crippen molar-refractivity contribution in [1.29, 1.82) is 0 Å². The zero-order valence-corrected chi connectivity index (χ0v) is 26.3. The van der Waals surface area contributed by atoms with E-state index in [1.807, 2.05) is 0 Å². The second-order valence-electron chi connectivity index (χ2n) is 12.2. The quantitative estimate of drug-likeness (QED) is 0.136. The molecule has 2 aromatic carbocycles.